The molecule has 0 heterocycles. The molecule has 0 aliphatic heterocycles. The Hall–Kier alpha value is -1.51. The lowest BCUT2D eigenvalue weighted by molar-refractivity contribution is 0.0937. The van der Waals surface area contributed by atoms with Crippen molar-refractivity contribution in [3.8, 4) is 5.75 Å². The summed E-state index contributed by atoms with van der Waals surface area (Å²) in [7, 11) is 0. The molecule has 1 aromatic carbocycles. The van der Waals surface area contributed by atoms with Gasteiger partial charge in [-0.15, -0.1) is 0 Å². The van der Waals surface area contributed by atoms with Crippen molar-refractivity contribution in [3.05, 3.63) is 29.3 Å². The van der Waals surface area contributed by atoms with E-state index in [1.165, 1.54) is 0 Å². The van der Waals surface area contributed by atoms with Gasteiger partial charge in [0, 0.05) is 11.6 Å². The minimum atomic E-state index is -0.0638. The number of amides is 1. The number of rotatable bonds is 5. The molecule has 0 saturated heterocycles. The van der Waals surface area contributed by atoms with Crippen molar-refractivity contribution in [1.29, 1.82) is 0 Å². The van der Waals surface area contributed by atoms with E-state index in [0.29, 0.717) is 5.56 Å². The molecule has 1 atom stereocenters. The number of hydrogen-bond donors (Lipinski definition) is 2. The molecular weight excluding hydrogens is 214 g/mol. The van der Waals surface area contributed by atoms with Crippen molar-refractivity contribution in [1.82, 2.24) is 5.32 Å². The predicted molar refractivity (Wildman–Crippen MR) is 69.3 cm³/mol. The minimum Gasteiger partial charge on any atom is -0.508 e. The molecule has 0 aliphatic carbocycles. The fourth-order valence-corrected chi connectivity index (χ4v) is 1.79. The normalized spacial score (nSPS) is 12.2. The zero-order valence-corrected chi connectivity index (χ0v) is 10.8. The van der Waals surface area contributed by atoms with Gasteiger partial charge in [-0.25, -0.2) is 0 Å². The molecule has 0 aromatic heterocycles. The molecule has 0 spiro atoms. The molecule has 0 aliphatic rings. The zero-order valence-electron chi connectivity index (χ0n) is 10.8. The van der Waals surface area contributed by atoms with Crippen molar-refractivity contribution < 1.29 is 9.90 Å². The highest BCUT2D eigenvalue weighted by atomic mass is 16.3. The number of aromatic hydroxyl groups is 1. The summed E-state index contributed by atoms with van der Waals surface area (Å²) >= 11 is 0. The Balaban J connectivity index is 2.63. The molecule has 17 heavy (non-hydrogen) atoms. The van der Waals surface area contributed by atoms with E-state index in [-0.39, 0.29) is 17.7 Å². The largest absolute Gasteiger partial charge is 0.508 e. The average molecular weight is 235 g/mol. The van der Waals surface area contributed by atoms with Crippen LogP contribution in [0.2, 0.25) is 0 Å². The highest BCUT2D eigenvalue weighted by molar-refractivity contribution is 5.95. The zero-order chi connectivity index (χ0) is 12.8. The first kappa shape index (κ1) is 13.6. The van der Waals surface area contributed by atoms with Gasteiger partial charge in [0.1, 0.15) is 5.75 Å². The first-order valence-corrected chi connectivity index (χ1v) is 6.15. The molecule has 0 bridgehead atoms. The second kappa shape index (κ2) is 6.28. The van der Waals surface area contributed by atoms with Crippen LogP contribution in [0.1, 0.15) is 49.0 Å². The lowest BCUT2D eigenvalue weighted by Crippen LogP contribution is -2.32. The molecule has 0 radical (unpaired) electrons. The molecule has 3 heteroatoms. The quantitative estimate of drug-likeness (QED) is 0.824. The van der Waals surface area contributed by atoms with Gasteiger partial charge in [-0.1, -0.05) is 19.8 Å². The van der Waals surface area contributed by atoms with Crippen LogP contribution >= 0.6 is 0 Å². The van der Waals surface area contributed by atoms with Crippen molar-refractivity contribution >= 4 is 5.91 Å². The number of nitrogens with one attached hydrogen (secondary N) is 1. The van der Waals surface area contributed by atoms with Gasteiger partial charge < -0.3 is 10.4 Å². The van der Waals surface area contributed by atoms with E-state index in [1.807, 2.05) is 13.8 Å². The highest BCUT2D eigenvalue weighted by Crippen LogP contribution is 2.15. The first-order chi connectivity index (χ1) is 8.04. The van der Waals surface area contributed by atoms with Gasteiger partial charge in [-0.05, 0) is 44.0 Å². The molecule has 94 valence electrons. The maximum Gasteiger partial charge on any atom is 0.251 e. The molecule has 3 nitrogen and oxygen atoms in total. The Kier molecular flexibility index (Phi) is 5.01. The maximum absolute atomic E-state index is 12.0. The molecule has 1 rings (SSSR count). The van der Waals surface area contributed by atoms with Crippen LogP contribution in [0.25, 0.3) is 0 Å². The van der Waals surface area contributed by atoms with Crippen molar-refractivity contribution in [2.45, 2.75) is 46.1 Å². The molecule has 2 N–H and O–H groups in total. The number of hydrogen-bond acceptors (Lipinski definition) is 2. The second-order valence-electron chi connectivity index (χ2n) is 4.52. The monoisotopic (exact) mass is 235 g/mol. The van der Waals surface area contributed by atoms with E-state index >= 15 is 0 Å². The van der Waals surface area contributed by atoms with E-state index in [4.69, 9.17) is 0 Å². The molecule has 1 aromatic rings. The lowest BCUT2D eigenvalue weighted by Gasteiger charge is -2.14. The summed E-state index contributed by atoms with van der Waals surface area (Å²) in [5, 5.41) is 12.3. The standard InChI is InChI=1S/C14H21NO2/c1-4-5-6-11(3)15-14(17)13-8-7-12(16)9-10(13)2/h7-9,11,16H,4-6H2,1-3H3,(H,15,17). The maximum atomic E-state index is 12.0. The molecule has 0 fully saturated rings. The van der Waals surface area contributed by atoms with Gasteiger partial charge in [0.2, 0.25) is 0 Å². The minimum absolute atomic E-state index is 0.0638. The summed E-state index contributed by atoms with van der Waals surface area (Å²) < 4.78 is 0. The molecule has 1 unspecified atom stereocenters. The van der Waals surface area contributed by atoms with E-state index < -0.39 is 0 Å². The van der Waals surface area contributed by atoms with Crippen molar-refractivity contribution in [2.75, 3.05) is 0 Å². The molecular formula is C14H21NO2. The Morgan fingerprint density at radius 3 is 2.76 bits per heavy atom. The van der Waals surface area contributed by atoms with Crippen LogP contribution < -0.4 is 5.32 Å². The average Bonchev–Trinajstić information content (AvgIpc) is 2.26. The van der Waals surface area contributed by atoms with E-state index in [9.17, 15) is 9.90 Å². The summed E-state index contributed by atoms with van der Waals surface area (Å²) in [5.74, 6) is 0.129. The number of phenols is 1. The van der Waals surface area contributed by atoms with Crippen molar-refractivity contribution in [3.63, 3.8) is 0 Å². The third-order valence-electron chi connectivity index (χ3n) is 2.82. The Labute approximate surface area is 103 Å². The second-order valence-corrected chi connectivity index (χ2v) is 4.52. The van der Waals surface area contributed by atoms with Gasteiger partial charge in [0.05, 0.1) is 0 Å². The lowest BCUT2D eigenvalue weighted by atomic mass is 10.1. The summed E-state index contributed by atoms with van der Waals surface area (Å²) in [6.07, 6.45) is 3.26. The van der Waals surface area contributed by atoms with E-state index in [1.54, 1.807) is 18.2 Å². The van der Waals surface area contributed by atoms with Gasteiger partial charge in [-0.3, -0.25) is 4.79 Å². The van der Waals surface area contributed by atoms with Crippen LogP contribution in [0.5, 0.6) is 5.75 Å². The SMILES string of the molecule is CCCCC(C)NC(=O)c1ccc(O)cc1C. The van der Waals surface area contributed by atoms with Gasteiger partial charge in [0.25, 0.3) is 5.91 Å². The van der Waals surface area contributed by atoms with Crippen LogP contribution in [0.15, 0.2) is 18.2 Å². The summed E-state index contributed by atoms with van der Waals surface area (Å²) in [6.45, 7) is 5.98. The Morgan fingerprint density at radius 1 is 1.47 bits per heavy atom. The summed E-state index contributed by atoms with van der Waals surface area (Å²) in [4.78, 5) is 12.0. The third-order valence-corrected chi connectivity index (χ3v) is 2.82. The van der Waals surface area contributed by atoms with Crippen molar-refractivity contribution in [2.24, 2.45) is 0 Å². The van der Waals surface area contributed by atoms with E-state index in [0.717, 1.165) is 24.8 Å². The smallest absolute Gasteiger partial charge is 0.251 e. The molecule has 1 amide bonds. The molecule has 0 saturated carbocycles. The summed E-state index contributed by atoms with van der Waals surface area (Å²) in [5.41, 5.74) is 1.43. The van der Waals surface area contributed by atoms with Gasteiger partial charge in [-0.2, -0.15) is 0 Å². The Morgan fingerprint density at radius 2 is 2.18 bits per heavy atom. The first-order valence-electron chi connectivity index (χ1n) is 6.15. The van der Waals surface area contributed by atoms with Gasteiger partial charge >= 0.3 is 0 Å². The van der Waals surface area contributed by atoms with Crippen LogP contribution in [0.3, 0.4) is 0 Å². The number of phenolic OH excluding ortho intramolecular Hbond substituents is 1. The van der Waals surface area contributed by atoms with Gasteiger partial charge in [0.15, 0.2) is 0 Å². The predicted octanol–water partition coefficient (Wildman–Crippen LogP) is 3.01. The number of unbranched alkanes of at least 4 members (excludes halogenated alkanes) is 1. The van der Waals surface area contributed by atoms with Crippen LogP contribution in [0, 0.1) is 6.92 Å². The van der Waals surface area contributed by atoms with Crippen LogP contribution in [-0.2, 0) is 0 Å². The number of carbonyl (C=O) groups excluding carboxylic acids is 1. The topological polar surface area (TPSA) is 49.3 Å². The fraction of sp³-hybridized carbons (Fsp3) is 0.500. The number of carbonyl (C=O) groups is 1. The van der Waals surface area contributed by atoms with Crippen LogP contribution in [-0.4, -0.2) is 17.1 Å². The fourth-order valence-electron chi connectivity index (χ4n) is 1.79. The number of benzene rings is 1. The summed E-state index contributed by atoms with van der Waals surface area (Å²) in [6, 6.07) is 4.99. The Bertz CT molecular complexity index is 388. The number of aryl methyl sites for hydroxylation is 1. The van der Waals surface area contributed by atoms with Crippen LogP contribution in [0.4, 0.5) is 0 Å². The van der Waals surface area contributed by atoms with E-state index in [2.05, 4.69) is 12.2 Å². The highest BCUT2D eigenvalue weighted by Gasteiger charge is 2.11. The third kappa shape index (κ3) is 4.10.